The molecule has 4 heteroatoms. The number of rotatable bonds is 2. The molecule has 1 aliphatic carbocycles. The third-order valence-electron chi connectivity index (χ3n) is 1.75. The van der Waals surface area contributed by atoms with Crippen molar-refractivity contribution in [3.05, 3.63) is 0 Å². The molecule has 0 heterocycles. The van der Waals surface area contributed by atoms with Crippen LogP contribution in [0.25, 0.3) is 0 Å². The fourth-order valence-corrected chi connectivity index (χ4v) is 1.24. The lowest BCUT2D eigenvalue weighted by atomic mass is 10.3. The molecule has 0 aromatic rings. The molecule has 0 saturated heterocycles. The third kappa shape index (κ3) is 2.23. The monoisotopic (exact) mass is 143 g/mol. The molecule has 0 aromatic heterocycles. The highest BCUT2D eigenvalue weighted by atomic mass is 16.2. The molecular formula is C6H13N3O. The van der Waals surface area contributed by atoms with Crippen LogP contribution in [0.4, 0.5) is 4.79 Å². The first kappa shape index (κ1) is 7.34. The van der Waals surface area contributed by atoms with Crippen molar-refractivity contribution in [3.63, 3.8) is 0 Å². The smallest absolute Gasteiger partial charge is 0.326 e. The lowest BCUT2D eigenvalue weighted by Gasteiger charge is -2.10. The first-order valence-electron chi connectivity index (χ1n) is 3.60. The molecule has 1 aliphatic rings. The Labute approximate surface area is 60.1 Å². The Morgan fingerprint density at radius 1 is 1.40 bits per heavy atom. The van der Waals surface area contributed by atoms with Gasteiger partial charge in [0.1, 0.15) is 0 Å². The maximum atomic E-state index is 10.2. The molecule has 0 unspecified atom stereocenters. The normalized spacial score (nSPS) is 19.2. The second-order valence-electron chi connectivity index (χ2n) is 2.61. The summed E-state index contributed by atoms with van der Waals surface area (Å²) in [4.78, 5) is 10.2. The summed E-state index contributed by atoms with van der Waals surface area (Å²) in [7, 11) is 0. The minimum absolute atomic E-state index is 0.437. The fourth-order valence-electron chi connectivity index (χ4n) is 1.24. The second kappa shape index (κ2) is 3.41. The van der Waals surface area contributed by atoms with Gasteiger partial charge in [0.2, 0.25) is 0 Å². The predicted molar refractivity (Wildman–Crippen MR) is 38.1 cm³/mol. The van der Waals surface area contributed by atoms with Gasteiger partial charge in [0.05, 0.1) is 0 Å². The number of urea groups is 1. The van der Waals surface area contributed by atoms with E-state index in [2.05, 4.69) is 10.9 Å². The molecule has 2 amide bonds. The van der Waals surface area contributed by atoms with Crippen LogP contribution >= 0.6 is 0 Å². The summed E-state index contributed by atoms with van der Waals surface area (Å²) in [5, 5.41) is 0. The van der Waals surface area contributed by atoms with Gasteiger partial charge in [-0.3, -0.25) is 5.43 Å². The summed E-state index contributed by atoms with van der Waals surface area (Å²) >= 11 is 0. The maximum absolute atomic E-state index is 10.2. The van der Waals surface area contributed by atoms with Gasteiger partial charge in [-0.15, -0.1) is 0 Å². The van der Waals surface area contributed by atoms with Crippen molar-refractivity contribution < 1.29 is 4.79 Å². The SMILES string of the molecule is NC(=O)NNC1CCCC1. The third-order valence-corrected chi connectivity index (χ3v) is 1.75. The van der Waals surface area contributed by atoms with Gasteiger partial charge in [-0.05, 0) is 12.8 Å². The van der Waals surface area contributed by atoms with Gasteiger partial charge < -0.3 is 5.73 Å². The van der Waals surface area contributed by atoms with E-state index >= 15 is 0 Å². The van der Waals surface area contributed by atoms with Crippen LogP contribution in [0.15, 0.2) is 0 Å². The summed E-state index contributed by atoms with van der Waals surface area (Å²) < 4.78 is 0. The van der Waals surface area contributed by atoms with Crippen molar-refractivity contribution in [1.82, 2.24) is 10.9 Å². The second-order valence-corrected chi connectivity index (χ2v) is 2.61. The molecule has 58 valence electrons. The highest BCUT2D eigenvalue weighted by molar-refractivity contribution is 5.70. The maximum Gasteiger partial charge on any atom is 0.326 e. The Morgan fingerprint density at radius 3 is 2.50 bits per heavy atom. The Morgan fingerprint density at radius 2 is 2.00 bits per heavy atom. The molecule has 1 rings (SSSR count). The van der Waals surface area contributed by atoms with E-state index in [4.69, 9.17) is 5.73 Å². The van der Waals surface area contributed by atoms with Crippen LogP contribution in [-0.4, -0.2) is 12.1 Å². The number of nitrogens with one attached hydrogen (secondary N) is 2. The Bertz CT molecular complexity index is 120. The van der Waals surface area contributed by atoms with Gasteiger partial charge >= 0.3 is 6.03 Å². The summed E-state index contributed by atoms with van der Waals surface area (Å²) in [5.41, 5.74) is 10.1. The van der Waals surface area contributed by atoms with E-state index in [-0.39, 0.29) is 0 Å². The number of hydrogen-bond acceptors (Lipinski definition) is 2. The van der Waals surface area contributed by atoms with Gasteiger partial charge in [0, 0.05) is 6.04 Å². The van der Waals surface area contributed by atoms with Gasteiger partial charge in [0.25, 0.3) is 0 Å². The van der Waals surface area contributed by atoms with Gasteiger partial charge in [0.15, 0.2) is 0 Å². The molecule has 4 nitrogen and oxygen atoms in total. The van der Waals surface area contributed by atoms with Crippen molar-refractivity contribution in [1.29, 1.82) is 0 Å². The van der Waals surface area contributed by atoms with E-state index in [0.717, 1.165) is 12.8 Å². The number of hydrazine groups is 1. The summed E-state index contributed by atoms with van der Waals surface area (Å²) in [6, 6.07) is -0.0700. The molecule has 1 fully saturated rings. The van der Waals surface area contributed by atoms with Crippen molar-refractivity contribution in [2.45, 2.75) is 31.7 Å². The van der Waals surface area contributed by atoms with Crippen molar-refractivity contribution in [2.24, 2.45) is 5.73 Å². The van der Waals surface area contributed by atoms with Crippen LogP contribution in [0.2, 0.25) is 0 Å². The number of carbonyl (C=O) groups excluding carboxylic acids is 1. The topological polar surface area (TPSA) is 67.2 Å². The Kier molecular flexibility index (Phi) is 2.50. The molecular weight excluding hydrogens is 130 g/mol. The van der Waals surface area contributed by atoms with Crippen LogP contribution in [0.3, 0.4) is 0 Å². The van der Waals surface area contributed by atoms with E-state index < -0.39 is 6.03 Å². The van der Waals surface area contributed by atoms with Gasteiger partial charge in [-0.1, -0.05) is 12.8 Å². The molecule has 4 N–H and O–H groups in total. The quantitative estimate of drug-likeness (QED) is 0.480. The molecule has 0 radical (unpaired) electrons. The fraction of sp³-hybridized carbons (Fsp3) is 0.833. The van der Waals surface area contributed by atoms with Crippen molar-refractivity contribution in [2.75, 3.05) is 0 Å². The van der Waals surface area contributed by atoms with Crippen LogP contribution in [0.1, 0.15) is 25.7 Å². The van der Waals surface area contributed by atoms with Crippen LogP contribution in [0, 0.1) is 0 Å². The number of hydrogen-bond donors (Lipinski definition) is 3. The molecule has 0 aromatic carbocycles. The zero-order valence-electron chi connectivity index (χ0n) is 5.89. The standard InChI is InChI=1S/C6H13N3O/c7-6(10)9-8-5-3-1-2-4-5/h5,8H,1-4H2,(H3,7,9,10). The van der Waals surface area contributed by atoms with Crippen LogP contribution < -0.4 is 16.6 Å². The van der Waals surface area contributed by atoms with Crippen molar-refractivity contribution in [3.8, 4) is 0 Å². The summed E-state index contributed by atoms with van der Waals surface area (Å²) in [6.45, 7) is 0. The lowest BCUT2D eigenvalue weighted by molar-refractivity contribution is 0.242. The largest absolute Gasteiger partial charge is 0.351 e. The van der Waals surface area contributed by atoms with E-state index in [1.807, 2.05) is 0 Å². The highest BCUT2D eigenvalue weighted by Crippen LogP contribution is 2.16. The van der Waals surface area contributed by atoms with E-state index in [1.54, 1.807) is 0 Å². The Hall–Kier alpha value is -0.770. The number of primary amides is 1. The summed E-state index contributed by atoms with van der Waals surface area (Å²) in [5.74, 6) is 0. The predicted octanol–water partition coefficient (Wildman–Crippen LogP) is 0.102. The van der Waals surface area contributed by atoms with E-state index in [9.17, 15) is 4.79 Å². The average Bonchev–Trinajstić information content (AvgIpc) is 2.34. The first-order valence-corrected chi connectivity index (χ1v) is 3.60. The van der Waals surface area contributed by atoms with Gasteiger partial charge in [-0.2, -0.15) is 0 Å². The number of nitrogens with two attached hydrogens (primary N) is 1. The zero-order chi connectivity index (χ0) is 7.40. The molecule has 10 heavy (non-hydrogen) atoms. The van der Waals surface area contributed by atoms with Crippen molar-refractivity contribution >= 4 is 6.03 Å². The molecule has 1 saturated carbocycles. The highest BCUT2D eigenvalue weighted by Gasteiger charge is 2.13. The van der Waals surface area contributed by atoms with E-state index in [0.29, 0.717) is 6.04 Å². The van der Waals surface area contributed by atoms with Crippen LogP contribution in [0.5, 0.6) is 0 Å². The molecule has 0 atom stereocenters. The zero-order valence-corrected chi connectivity index (χ0v) is 5.89. The lowest BCUT2D eigenvalue weighted by Crippen LogP contribution is -2.45. The number of carbonyl (C=O) groups is 1. The average molecular weight is 143 g/mol. The Balaban J connectivity index is 2.07. The minimum atomic E-state index is -0.507. The summed E-state index contributed by atoms with van der Waals surface area (Å²) in [6.07, 6.45) is 4.77. The van der Waals surface area contributed by atoms with E-state index in [1.165, 1.54) is 12.8 Å². The number of amides is 2. The first-order chi connectivity index (χ1) is 4.79. The minimum Gasteiger partial charge on any atom is -0.351 e. The van der Waals surface area contributed by atoms with Crippen LogP contribution in [-0.2, 0) is 0 Å². The molecule has 0 spiro atoms. The van der Waals surface area contributed by atoms with Gasteiger partial charge in [-0.25, -0.2) is 10.2 Å². The molecule has 0 bridgehead atoms. The molecule has 0 aliphatic heterocycles.